The molecule has 2 aliphatic heterocycles. The van der Waals surface area contributed by atoms with Crippen LogP contribution in [0.15, 0.2) is 46.8 Å². The van der Waals surface area contributed by atoms with Crippen LogP contribution in [0.25, 0.3) is 0 Å². The lowest BCUT2D eigenvalue weighted by Crippen LogP contribution is -2.25. The predicted molar refractivity (Wildman–Crippen MR) is 125 cm³/mol. The molecular weight excluding hydrogens is 432 g/mol. The van der Waals surface area contributed by atoms with Crippen LogP contribution >= 0.6 is 23.1 Å². The van der Waals surface area contributed by atoms with Crippen molar-refractivity contribution in [3.05, 3.63) is 52.2 Å². The number of aliphatic imine (C=N–C) groups is 1. The lowest BCUT2D eigenvalue weighted by molar-refractivity contribution is -0.121. The fourth-order valence-electron chi connectivity index (χ4n) is 3.49. The Kier molecular flexibility index (Phi) is 7.03. The van der Waals surface area contributed by atoms with Gasteiger partial charge in [0.15, 0.2) is 5.17 Å². The Bertz CT molecular complexity index is 967. The number of thioether (sulfide) groups is 1. The van der Waals surface area contributed by atoms with Gasteiger partial charge in [0.2, 0.25) is 5.91 Å². The fourth-order valence-corrected chi connectivity index (χ4v) is 5.32. The Labute approximate surface area is 189 Å². The summed E-state index contributed by atoms with van der Waals surface area (Å²) in [7, 11) is 0. The maximum atomic E-state index is 12.4. The SMILES string of the molecule is O=C(CC1SC(N2CCCC2)=NC1=O)Nc1ccc(C(=O)NCCc2cccs2)cc1. The van der Waals surface area contributed by atoms with Gasteiger partial charge in [0, 0.05) is 42.2 Å². The lowest BCUT2D eigenvalue weighted by atomic mass is 10.2. The van der Waals surface area contributed by atoms with E-state index in [1.165, 1.54) is 16.6 Å². The molecule has 2 aliphatic rings. The molecule has 7 nitrogen and oxygen atoms in total. The molecule has 1 unspecified atom stereocenters. The number of carbonyl (C=O) groups excluding carboxylic acids is 3. The van der Waals surface area contributed by atoms with E-state index in [2.05, 4.69) is 20.5 Å². The van der Waals surface area contributed by atoms with Gasteiger partial charge in [0.25, 0.3) is 11.8 Å². The van der Waals surface area contributed by atoms with Crippen LogP contribution in [-0.2, 0) is 16.0 Å². The number of benzene rings is 1. The molecule has 0 saturated carbocycles. The Hall–Kier alpha value is -2.65. The zero-order chi connectivity index (χ0) is 21.6. The molecule has 31 heavy (non-hydrogen) atoms. The molecule has 3 heterocycles. The first-order valence-electron chi connectivity index (χ1n) is 10.3. The number of anilines is 1. The minimum absolute atomic E-state index is 0.0787. The molecule has 0 radical (unpaired) electrons. The Morgan fingerprint density at radius 3 is 2.61 bits per heavy atom. The van der Waals surface area contributed by atoms with E-state index in [1.807, 2.05) is 17.5 Å². The fraction of sp³-hybridized carbons (Fsp3) is 0.364. The summed E-state index contributed by atoms with van der Waals surface area (Å²) in [5.41, 5.74) is 1.13. The first-order valence-corrected chi connectivity index (χ1v) is 12.1. The second kappa shape index (κ2) is 10.1. The van der Waals surface area contributed by atoms with Gasteiger partial charge in [-0.25, -0.2) is 0 Å². The average molecular weight is 457 g/mol. The van der Waals surface area contributed by atoms with E-state index in [0.29, 0.717) is 17.8 Å². The number of thiophene rings is 1. The highest BCUT2D eigenvalue weighted by Gasteiger charge is 2.33. The molecule has 0 bridgehead atoms. The van der Waals surface area contributed by atoms with Gasteiger partial charge in [-0.3, -0.25) is 14.4 Å². The van der Waals surface area contributed by atoms with Crippen LogP contribution in [0.3, 0.4) is 0 Å². The van der Waals surface area contributed by atoms with E-state index in [1.54, 1.807) is 35.6 Å². The van der Waals surface area contributed by atoms with Crippen molar-refractivity contribution in [2.45, 2.75) is 30.9 Å². The molecule has 1 atom stereocenters. The largest absolute Gasteiger partial charge is 0.352 e. The van der Waals surface area contributed by atoms with Gasteiger partial charge in [0.05, 0.1) is 0 Å². The average Bonchev–Trinajstić information content (AvgIpc) is 3.52. The van der Waals surface area contributed by atoms with Gasteiger partial charge in [-0.2, -0.15) is 4.99 Å². The standard InChI is InChI=1S/C22H24N4O3S2/c27-19(14-18-21(29)25-22(31-18)26-11-1-2-12-26)24-16-7-5-15(6-8-16)20(28)23-10-9-17-4-3-13-30-17/h3-8,13,18H,1-2,9-12,14H2,(H,23,28)(H,24,27). The Morgan fingerprint density at radius 1 is 1.13 bits per heavy atom. The number of likely N-dealkylation sites (tertiary alicyclic amines) is 1. The van der Waals surface area contributed by atoms with Crippen LogP contribution in [0, 0.1) is 0 Å². The van der Waals surface area contributed by atoms with Gasteiger partial charge in [0.1, 0.15) is 5.25 Å². The van der Waals surface area contributed by atoms with Gasteiger partial charge < -0.3 is 15.5 Å². The molecule has 4 rings (SSSR count). The van der Waals surface area contributed by atoms with E-state index < -0.39 is 5.25 Å². The highest BCUT2D eigenvalue weighted by Crippen LogP contribution is 2.29. The first kappa shape index (κ1) is 21.6. The molecule has 162 valence electrons. The van der Waals surface area contributed by atoms with Gasteiger partial charge >= 0.3 is 0 Å². The quantitative estimate of drug-likeness (QED) is 0.668. The minimum atomic E-state index is -0.469. The topological polar surface area (TPSA) is 90.9 Å². The van der Waals surface area contributed by atoms with E-state index in [4.69, 9.17) is 0 Å². The van der Waals surface area contributed by atoms with Crippen LogP contribution in [0.4, 0.5) is 5.69 Å². The summed E-state index contributed by atoms with van der Waals surface area (Å²) in [5, 5.41) is 8.00. The molecule has 1 saturated heterocycles. The number of hydrogen-bond acceptors (Lipinski definition) is 6. The van der Waals surface area contributed by atoms with E-state index in [0.717, 1.165) is 37.5 Å². The number of amides is 3. The van der Waals surface area contributed by atoms with Crippen LogP contribution in [0.1, 0.15) is 34.5 Å². The smallest absolute Gasteiger partial charge is 0.262 e. The van der Waals surface area contributed by atoms with Gasteiger partial charge in [-0.1, -0.05) is 17.8 Å². The summed E-state index contributed by atoms with van der Waals surface area (Å²) >= 11 is 3.05. The third-order valence-corrected chi connectivity index (χ3v) is 7.29. The van der Waals surface area contributed by atoms with Crippen molar-refractivity contribution < 1.29 is 14.4 Å². The van der Waals surface area contributed by atoms with Crippen LogP contribution in [0.5, 0.6) is 0 Å². The van der Waals surface area contributed by atoms with Crippen LogP contribution < -0.4 is 10.6 Å². The van der Waals surface area contributed by atoms with Crippen molar-refractivity contribution in [2.24, 2.45) is 4.99 Å². The van der Waals surface area contributed by atoms with E-state index in [-0.39, 0.29) is 24.1 Å². The van der Waals surface area contributed by atoms with Crippen molar-refractivity contribution >= 4 is 51.7 Å². The van der Waals surface area contributed by atoms with E-state index in [9.17, 15) is 14.4 Å². The number of hydrogen-bond donors (Lipinski definition) is 2. The van der Waals surface area contributed by atoms with Crippen molar-refractivity contribution in [1.82, 2.24) is 10.2 Å². The number of nitrogens with zero attached hydrogens (tertiary/aromatic N) is 2. The molecule has 2 N–H and O–H groups in total. The zero-order valence-electron chi connectivity index (χ0n) is 17.0. The van der Waals surface area contributed by atoms with Crippen molar-refractivity contribution in [3.8, 4) is 0 Å². The lowest BCUT2D eigenvalue weighted by Gasteiger charge is -2.16. The highest BCUT2D eigenvalue weighted by atomic mass is 32.2. The summed E-state index contributed by atoms with van der Waals surface area (Å²) < 4.78 is 0. The number of rotatable bonds is 7. The highest BCUT2D eigenvalue weighted by molar-refractivity contribution is 8.15. The maximum Gasteiger partial charge on any atom is 0.262 e. The van der Waals surface area contributed by atoms with Crippen molar-refractivity contribution in [2.75, 3.05) is 25.0 Å². The van der Waals surface area contributed by atoms with Gasteiger partial charge in [-0.05, 0) is 55.0 Å². The number of carbonyl (C=O) groups is 3. The summed E-state index contributed by atoms with van der Waals surface area (Å²) in [4.78, 5) is 44.3. The summed E-state index contributed by atoms with van der Waals surface area (Å²) in [6.07, 6.45) is 3.11. The zero-order valence-corrected chi connectivity index (χ0v) is 18.6. The molecule has 0 spiro atoms. The first-order chi connectivity index (χ1) is 15.1. The van der Waals surface area contributed by atoms with E-state index >= 15 is 0 Å². The normalized spacial score (nSPS) is 18.2. The molecule has 9 heteroatoms. The molecule has 3 amide bonds. The van der Waals surface area contributed by atoms with Gasteiger partial charge in [-0.15, -0.1) is 11.3 Å². The minimum Gasteiger partial charge on any atom is -0.352 e. The summed E-state index contributed by atoms with van der Waals surface area (Å²) in [5.74, 6) is -0.623. The predicted octanol–water partition coefficient (Wildman–Crippen LogP) is 3.14. The third-order valence-electron chi connectivity index (χ3n) is 5.14. The van der Waals surface area contributed by atoms with Crippen LogP contribution in [-0.4, -0.2) is 52.7 Å². The molecule has 1 fully saturated rings. The molecular formula is C22H24N4O3S2. The summed E-state index contributed by atoms with van der Waals surface area (Å²) in [6, 6.07) is 10.8. The second-order valence-electron chi connectivity index (χ2n) is 7.45. The molecule has 1 aromatic carbocycles. The molecule has 2 aromatic rings. The Morgan fingerprint density at radius 2 is 1.90 bits per heavy atom. The second-order valence-corrected chi connectivity index (χ2v) is 9.65. The van der Waals surface area contributed by atoms with Crippen LogP contribution in [0.2, 0.25) is 0 Å². The third kappa shape index (κ3) is 5.74. The Balaban J connectivity index is 1.22. The number of amidine groups is 1. The van der Waals surface area contributed by atoms with Crippen molar-refractivity contribution in [1.29, 1.82) is 0 Å². The monoisotopic (exact) mass is 456 g/mol. The number of nitrogens with one attached hydrogen (secondary N) is 2. The molecule has 1 aromatic heterocycles. The molecule has 0 aliphatic carbocycles. The maximum absolute atomic E-state index is 12.4. The summed E-state index contributed by atoms with van der Waals surface area (Å²) in [6.45, 7) is 2.42. The van der Waals surface area contributed by atoms with Crippen molar-refractivity contribution in [3.63, 3.8) is 0 Å².